The van der Waals surface area contributed by atoms with E-state index in [1.165, 1.54) is 61.2 Å². The number of carbonyl (C=O) groups is 1. The standard InChI is InChI=1S/C27H22O3.C17H20.C9H12/c1-19-3-11-23(12-4-19)29-25-15-7-21(8-16-25)27(28)22-9-17-26(18-10-22)30-24-13-5-20(2)6-14-24;1-12-5-7-16(9-14(12)3)11-17-8-6-13(2)15(4)10-17;1-7-4-8(2)6-9(3)5-7/h3-18H,1-2H3;5-10H,11H2,1-4H3;4-6H,1-3H3. The van der Waals surface area contributed by atoms with Gasteiger partial charge in [0, 0.05) is 11.1 Å². The highest BCUT2D eigenvalue weighted by atomic mass is 16.5. The molecule has 284 valence electrons. The lowest BCUT2D eigenvalue weighted by atomic mass is 9.98. The van der Waals surface area contributed by atoms with E-state index in [0.29, 0.717) is 22.6 Å². The normalized spacial score (nSPS) is 10.4. The fraction of sp³-hybridized carbons (Fsp3) is 0.189. The molecule has 0 heterocycles. The topological polar surface area (TPSA) is 35.5 Å². The quantitative estimate of drug-likeness (QED) is 0.146. The monoisotopic (exact) mass is 738 g/mol. The molecule has 0 fully saturated rings. The number of hydrogen-bond donors (Lipinski definition) is 0. The van der Waals surface area contributed by atoms with Crippen molar-refractivity contribution in [2.75, 3.05) is 0 Å². The lowest BCUT2D eigenvalue weighted by Crippen LogP contribution is -2.01. The minimum absolute atomic E-state index is 0.0428. The Morgan fingerprint density at radius 3 is 0.946 bits per heavy atom. The van der Waals surface area contributed by atoms with E-state index in [2.05, 4.69) is 103 Å². The van der Waals surface area contributed by atoms with Gasteiger partial charge in [-0.05, 0) is 175 Å². The van der Waals surface area contributed by atoms with E-state index in [1.54, 1.807) is 24.3 Å². The number of rotatable bonds is 8. The Labute approximate surface area is 334 Å². The number of benzene rings is 7. The average molecular weight is 739 g/mol. The summed E-state index contributed by atoms with van der Waals surface area (Å²) in [6, 6.07) is 50.1. The van der Waals surface area contributed by atoms with Crippen molar-refractivity contribution < 1.29 is 14.3 Å². The van der Waals surface area contributed by atoms with Gasteiger partial charge in [-0.2, -0.15) is 0 Å². The average Bonchev–Trinajstić information content (AvgIpc) is 3.17. The Kier molecular flexibility index (Phi) is 14.2. The van der Waals surface area contributed by atoms with Gasteiger partial charge in [-0.25, -0.2) is 0 Å². The number of ketones is 1. The third-order valence-corrected chi connectivity index (χ3v) is 9.66. The summed E-state index contributed by atoms with van der Waals surface area (Å²) in [4.78, 5) is 12.8. The van der Waals surface area contributed by atoms with Gasteiger partial charge in [-0.1, -0.05) is 107 Å². The first-order valence-electron chi connectivity index (χ1n) is 19.2. The smallest absolute Gasteiger partial charge is 0.193 e. The summed E-state index contributed by atoms with van der Waals surface area (Å²) in [5, 5.41) is 0. The highest BCUT2D eigenvalue weighted by Gasteiger charge is 2.10. The predicted octanol–water partition coefficient (Wildman–Crippen LogP) is 14.2. The Bertz CT molecular complexity index is 2160. The molecule has 0 spiro atoms. The van der Waals surface area contributed by atoms with Crippen LogP contribution in [0, 0.1) is 62.3 Å². The second kappa shape index (κ2) is 19.4. The van der Waals surface area contributed by atoms with Gasteiger partial charge in [-0.3, -0.25) is 4.79 Å². The molecule has 7 aromatic rings. The van der Waals surface area contributed by atoms with E-state index in [0.717, 1.165) is 17.9 Å². The molecule has 0 N–H and O–H groups in total. The molecular formula is C53H54O3. The van der Waals surface area contributed by atoms with Crippen molar-refractivity contribution >= 4 is 5.78 Å². The van der Waals surface area contributed by atoms with E-state index >= 15 is 0 Å². The van der Waals surface area contributed by atoms with Crippen LogP contribution in [-0.4, -0.2) is 5.78 Å². The van der Waals surface area contributed by atoms with E-state index in [4.69, 9.17) is 9.47 Å². The molecule has 0 aliphatic rings. The van der Waals surface area contributed by atoms with Crippen molar-refractivity contribution in [2.24, 2.45) is 0 Å². The van der Waals surface area contributed by atoms with Crippen LogP contribution in [0.25, 0.3) is 0 Å². The SMILES string of the molecule is Cc1cc(C)cc(C)c1.Cc1ccc(Cc2ccc(C)c(C)c2)cc1C.Cc1ccc(Oc2ccc(C(=O)c3ccc(Oc4ccc(C)cc4)cc3)cc2)cc1. The fourth-order valence-electron chi connectivity index (χ4n) is 6.27. The third kappa shape index (κ3) is 12.4. The molecule has 0 radical (unpaired) electrons. The summed E-state index contributed by atoms with van der Waals surface area (Å²) in [6.45, 7) is 19.1. The number of aryl methyl sites for hydroxylation is 9. The van der Waals surface area contributed by atoms with Crippen molar-refractivity contribution in [1.82, 2.24) is 0 Å². The first-order chi connectivity index (χ1) is 26.8. The summed E-state index contributed by atoms with van der Waals surface area (Å²) in [6.07, 6.45) is 1.03. The molecule has 0 bridgehead atoms. The van der Waals surface area contributed by atoms with Crippen molar-refractivity contribution in [2.45, 2.75) is 68.7 Å². The molecule has 0 saturated carbocycles. The van der Waals surface area contributed by atoms with E-state index < -0.39 is 0 Å². The maximum atomic E-state index is 12.8. The second-order valence-corrected chi connectivity index (χ2v) is 14.9. The number of carbonyl (C=O) groups excluding carboxylic acids is 1. The molecule has 0 atom stereocenters. The predicted molar refractivity (Wildman–Crippen MR) is 234 cm³/mol. The van der Waals surface area contributed by atoms with E-state index in [1.807, 2.05) is 86.6 Å². The minimum Gasteiger partial charge on any atom is -0.457 e. The number of hydrogen-bond acceptors (Lipinski definition) is 3. The zero-order valence-electron chi connectivity index (χ0n) is 34.4. The van der Waals surface area contributed by atoms with Crippen LogP contribution in [0.5, 0.6) is 23.0 Å². The molecule has 7 aromatic carbocycles. The Balaban J connectivity index is 0.000000192. The van der Waals surface area contributed by atoms with Gasteiger partial charge in [0.15, 0.2) is 5.78 Å². The van der Waals surface area contributed by atoms with E-state index in [9.17, 15) is 4.79 Å². The zero-order valence-corrected chi connectivity index (χ0v) is 34.4. The first kappa shape index (κ1) is 41.0. The van der Waals surface area contributed by atoms with Gasteiger partial charge in [0.05, 0.1) is 0 Å². The van der Waals surface area contributed by atoms with Gasteiger partial charge in [0.2, 0.25) is 0 Å². The highest BCUT2D eigenvalue weighted by molar-refractivity contribution is 6.09. The Morgan fingerprint density at radius 2 is 0.643 bits per heavy atom. The zero-order chi connectivity index (χ0) is 40.2. The molecule has 56 heavy (non-hydrogen) atoms. The van der Waals surface area contributed by atoms with Crippen LogP contribution in [0.2, 0.25) is 0 Å². The molecule has 0 saturated heterocycles. The van der Waals surface area contributed by atoms with Crippen molar-refractivity contribution in [3.63, 3.8) is 0 Å². The molecule has 7 rings (SSSR count). The molecule has 0 aliphatic carbocycles. The van der Waals surface area contributed by atoms with Crippen molar-refractivity contribution in [3.8, 4) is 23.0 Å². The summed E-state index contributed by atoms with van der Waals surface area (Å²) in [5.74, 6) is 2.88. The summed E-state index contributed by atoms with van der Waals surface area (Å²) in [7, 11) is 0. The second-order valence-electron chi connectivity index (χ2n) is 14.9. The van der Waals surface area contributed by atoms with Crippen LogP contribution in [0.15, 0.2) is 152 Å². The van der Waals surface area contributed by atoms with Crippen LogP contribution in [0.4, 0.5) is 0 Å². The number of ether oxygens (including phenoxy) is 2. The van der Waals surface area contributed by atoms with Crippen LogP contribution in [0.1, 0.15) is 77.1 Å². The van der Waals surface area contributed by atoms with Crippen LogP contribution in [0.3, 0.4) is 0 Å². The minimum atomic E-state index is -0.0428. The molecule has 0 amide bonds. The fourth-order valence-corrected chi connectivity index (χ4v) is 6.27. The molecule has 3 heteroatoms. The van der Waals surface area contributed by atoms with Gasteiger partial charge in [0.25, 0.3) is 0 Å². The molecule has 0 aliphatic heterocycles. The van der Waals surface area contributed by atoms with Gasteiger partial charge in [-0.15, -0.1) is 0 Å². The van der Waals surface area contributed by atoms with Crippen LogP contribution >= 0.6 is 0 Å². The van der Waals surface area contributed by atoms with E-state index in [-0.39, 0.29) is 5.78 Å². The Hall–Kier alpha value is -6.19. The van der Waals surface area contributed by atoms with Crippen molar-refractivity contribution in [3.05, 3.63) is 224 Å². The van der Waals surface area contributed by atoms with Crippen LogP contribution < -0.4 is 9.47 Å². The summed E-state index contributed by atoms with van der Waals surface area (Å²) >= 11 is 0. The molecule has 0 aromatic heterocycles. The molecule has 0 unspecified atom stereocenters. The van der Waals surface area contributed by atoms with Gasteiger partial charge < -0.3 is 9.47 Å². The van der Waals surface area contributed by atoms with Gasteiger partial charge in [0.1, 0.15) is 23.0 Å². The van der Waals surface area contributed by atoms with Gasteiger partial charge >= 0.3 is 0 Å². The lowest BCUT2D eigenvalue weighted by Gasteiger charge is -2.08. The molecule has 3 nitrogen and oxygen atoms in total. The first-order valence-corrected chi connectivity index (χ1v) is 19.2. The van der Waals surface area contributed by atoms with Crippen molar-refractivity contribution in [1.29, 1.82) is 0 Å². The third-order valence-electron chi connectivity index (χ3n) is 9.66. The lowest BCUT2D eigenvalue weighted by molar-refractivity contribution is 0.103. The summed E-state index contributed by atoms with van der Waals surface area (Å²) < 4.78 is 11.7. The Morgan fingerprint density at radius 1 is 0.339 bits per heavy atom. The van der Waals surface area contributed by atoms with Crippen LogP contribution in [-0.2, 0) is 6.42 Å². The highest BCUT2D eigenvalue weighted by Crippen LogP contribution is 2.25. The molecular weight excluding hydrogens is 685 g/mol. The largest absolute Gasteiger partial charge is 0.457 e. The maximum absolute atomic E-state index is 12.8. The summed E-state index contributed by atoms with van der Waals surface area (Å²) in [5.41, 5.74) is 15.9. The maximum Gasteiger partial charge on any atom is 0.193 e.